The molecule has 1 unspecified atom stereocenters. The first kappa shape index (κ1) is 8.15. The van der Waals surface area contributed by atoms with Crippen LogP contribution in [0.25, 0.3) is 5.65 Å². The molecule has 0 radical (unpaired) electrons. The molecule has 68 valence electrons. The highest BCUT2D eigenvalue weighted by molar-refractivity contribution is 5.38. The Morgan fingerprint density at radius 1 is 1.62 bits per heavy atom. The number of nitrogens with zero attached hydrogens (tertiary/aromatic N) is 3. The van der Waals surface area contributed by atoms with Crippen molar-refractivity contribution in [2.75, 3.05) is 0 Å². The molecular formula is C8H10N4O. The molecule has 2 heterocycles. The van der Waals surface area contributed by atoms with Crippen molar-refractivity contribution in [3.63, 3.8) is 0 Å². The van der Waals surface area contributed by atoms with Gasteiger partial charge in [-0.05, 0) is 13.0 Å². The van der Waals surface area contributed by atoms with Gasteiger partial charge in [0.1, 0.15) is 6.10 Å². The van der Waals surface area contributed by atoms with Gasteiger partial charge < -0.3 is 0 Å². The van der Waals surface area contributed by atoms with Crippen LogP contribution in [-0.2, 0) is 4.84 Å². The zero-order chi connectivity index (χ0) is 9.26. The fraction of sp³-hybridized carbons (Fsp3) is 0.250. The van der Waals surface area contributed by atoms with Gasteiger partial charge >= 0.3 is 0 Å². The van der Waals surface area contributed by atoms with Crippen LogP contribution in [0.15, 0.2) is 24.5 Å². The molecule has 0 amide bonds. The Morgan fingerprint density at radius 2 is 2.46 bits per heavy atom. The van der Waals surface area contributed by atoms with Crippen molar-refractivity contribution < 1.29 is 4.84 Å². The monoisotopic (exact) mass is 178 g/mol. The van der Waals surface area contributed by atoms with Crippen LogP contribution in [0, 0.1) is 0 Å². The third-order valence-electron chi connectivity index (χ3n) is 1.88. The summed E-state index contributed by atoms with van der Waals surface area (Å²) in [5, 5.41) is 4.23. The summed E-state index contributed by atoms with van der Waals surface area (Å²) in [6.07, 6.45) is 3.34. The van der Waals surface area contributed by atoms with Crippen LogP contribution in [0.2, 0.25) is 0 Å². The van der Waals surface area contributed by atoms with Crippen molar-refractivity contribution in [3.8, 4) is 0 Å². The molecule has 0 aromatic carbocycles. The van der Waals surface area contributed by atoms with Gasteiger partial charge in [0.2, 0.25) is 0 Å². The minimum atomic E-state index is -0.207. The summed E-state index contributed by atoms with van der Waals surface area (Å²) in [5.74, 6) is 5.06. The van der Waals surface area contributed by atoms with Gasteiger partial charge in [0.15, 0.2) is 5.65 Å². The molecule has 2 aromatic rings. The second-order valence-corrected chi connectivity index (χ2v) is 2.77. The predicted octanol–water partition coefficient (Wildman–Crippen LogP) is 0.681. The summed E-state index contributed by atoms with van der Waals surface area (Å²) in [6.45, 7) is 1.84. The van der Waals surface area contributed by atoms with E-state index in [-0.39, 0.29) is 6.10 Å². The number of fused-ring (bicyclic) bond motifs is 1. The van der Waals surface area contributed by atoms with Crippen molar-refractivity contribution in [1.29, 1.82) is 0 Å². The lowest BCUT2D eigenvalue weighted by molar-refractivity contribution is 0.0632. The Morgan fingerprint density at radius 3 is 3.15 bits per heavy atom. The van der Waals surface area contributed by atoms with E-state index >= 15 is 0 Å². The Balaban J connectivity index is 2.49. The topological polar surface area (TPSA) is 65.4 Å². The number of rotatable bonds is 2. The molecule has 0 spiro atoms. The van der Waals surface area contributed by atoms with Gasteiger partial charge in [-0.2, -0.15) is 5.10 Å². The summed E-state index contributed by atoms with van der Waals surface area (Å²) in [7, 11) is 0. The minimum Gasteiger partial charge on any atom is -0.295 e. The molecule has 0 aliphatic carbocycles. The first-order valence-corrected chi connectivity index (χ1v) is 3.97. The Kier molecular flexibility index (Phi) is 1.96. The molecule has 13 heavy (non-hydrogen) atoms. The van der Waals surface area contributed by atoms with E-state index in [0.29, 0.717) is 0 Å². The van der Waals surface area contributed by atoms with Crippen molar-refractivity contribution >= 4 is 5.65 Å². The van der Waals surface area contributed by atoms with E-state index in [2.05, 4.69) is 14.9 Å². The van der Waals surface area contributed by atoms with E-state index in [1.54, 1.807) is 10.7 Å². The summed E-state index contributed by atoms with van der Waals surface area (Å²) < 4.78 is 1.69. The molecule has 0 fully saturated rings. The lowest BCUT2D eigenvalue weighted by atomic mass is 10.3. The van der Waals surface area contributed by atoms with E-state index in [4.69, 9.17) is 5.90 Å². The van der Waals surface area contributed by atoms with Crippen LogP contribution in [0.4, 0.5) is 0 Å². The molecule has 0 bridgehead atoms. The van der Waals surface area contributed by atoms with Gasteiger partial charge in [-0.1, -0.05) is 0 Å². The van der Waals surface area contributed by atoms with Crippen molar-refractivity contribution in [3.05, 3.63) is 30.2 Å². The molecule has 0 aliphatic rings. The molecule has 5 heteroatoms. The number of nitrogens with two attached hydrogens (primary N) is 1. The average Bonchev–Trinajstić information content (AvgIpc) is 2.59. The molecule has 2 rings (SSSR count). The first-order chi connectivity index (χ1) is 6.31. The van der Waals surface area contributed by atoms with Gasteiger partial charge in [0.05, 0.1) is 5.69 Å². The predicted molar refractivity (Wildman–Crippen MR) is 46.7 cm³/mol. The fourth-order valence-electron chi connectivity index (χ4n) is 1.12. The molecule has 2 N–H and O–H groups in total. The van der Waals surface area contributed by atoms with Crippen molar-refractivity contribution in [2.24, 2.45) is 5.90 Å². The zero-order valence-electron chi connectivity index (χ0n) is 7.21. The molecule has 0 aliphatic heterocycles. The standard InChI is InChI=1S/C8H10N4O/c1-6(13-9)7-5-8-10-3-2-4-12(8)11-7/h2-6H,9H2,1H3. The maximum atomic E-state index is 5.06. The molecule has 0 saturated heterocycles. The van der Waals surface area contributed by atoms with E-state index in [9.17, 15) is 0 Å². The SMILES string of the molecule is CC(ON)c1cc2ncccn2n1. The lowest BCUT2D eigenvalue weighted by Gasteiger charge is -2.01. The van der Waals surface area contributed by atoms with Crippen LogP contribution in [-0.4, -0.2) is 14.6 Å². The Labute approximate surface area is 75.1 Å². The number of hydrogen-bond acceptors (Lipinski definition) is 4. The minimum absolute atomic E-state index is 0.207. The quantitative estimate of drug-likeness (QED) is 0.687. The van der Waals surface area contributed by atoms with Crippen LogP contribution in [0.3, 0.4) is 0 Å². The van der Waals surface area contributed by atoms with E-state index in [0.717, 1.165) is 11.3 Å². The zero-order valence-corrected chi connectivity index (χ0v) is 7.21. The summed E-state index contributed by atoms with van der Waals surface area (Å²) >= 11 is 0. The van der Waals surface area contributed by atoms with Gasteiger partial charge in [-0.15, -0.1) is 0 Å². The summed E-state index contributed by atoms with van der Waals surface area (Å²) in [5.41, 5.74) is 1.57. The third-order valence-corrected chi connectivity index (χ3v) is 1.88. The van der Waals surface area contributed by atoms with Crippen LogP contribution in [0.1, 0.15) is 18.7 Å². The van der Waals surface area contributed by atoms with Crippen molar-refractivity contribution in [1.82, 2.24) is 14.6 Å². The average molecular weight is 178 g/mol. The first-order valence-electron chi connectivity index (χ1n) is 3.97. The van der Waals surface area contributed by atoms with Crippen LogP contribution in [0.5, 0.6) is 0 Å². The molecule has 5 nitrogen and oxygen atoms in total. The van der Waals surface area contributed by atoms with Gasteiger partial charge in [0, 0.05) is 18.5 Å². The van der Waals surface area contributed by atoms with E-state index in [1.807, 2.05) is 25.3 Å². The van der Waals surface area contributed by atoms with Gasteiger partial charge in [0.25, 0.3) is 0 Å². The molecule has 1 atom stereocenters. The van der Waals surface area contributed by atoms with Crippen molar-refractivity contribution in [2.45, 2.75) is 13.0 Å². The summed E-state index contributed by atoms with van der Waals surface area (Å²) in [4.78, 5) is 8.78. The van der Waals surface area contributed by atoms with Gasteiger partial charge in [-0.3, -0.25) is 4.84 Å². The summed E-state index contributed by atoms with van der Waals surface area (Å²) in [6, 6.07) is 3.66. The largest absolute Gasteiger partial charge is 0.295 e. The second kappa shape index (κ2) is 3.12. The molecule has 0 saturated carbocycles. The Hall–Kier alpha value is -1.46. The highest BCUT2D eigenvalue weighted by Crippen LogP contribution is 2.13. The van der Waals surface area contributed by atoms with Gasteiger partial charge in [-0.25, -0.2) is 15.4 Å². The smallest absolute Gasteiger partial charge is 0.155 e. The highest BCUT2D eigenvalue weighted by atomic mass is 16.6. The molecule has 2 aromatic heterocycles. The fourth-order valence-corrected chi connectivity index (χ4v) is 1.12. The maximum absolute atomic E-state index is 5.06. The number of aromatic nitrogens is 3. The van der Waals surface area contributed by atoms with Crippen LogP contribution < -0.4 is 5.90 Å². The number of hydrogen-bond donors (Lipinski definition) is 1. The van der Waals surface area contributed by atoms with Crippen LogP contribution >= 0.6 is 0 Å². The highest BCUT2D eigenvalue weighted by Gasteiger charge is 2.09. The van der Waals surface area contributed by atoms with E-state index < -0.39 is 0 Å². The third kappa shape index (κ3) is 1.39. The molecular weight excluding hydrogens is 168 g/mol. The lowest BCUT2D eigenvalue weighted by Crippen LogP contribution is -2.05. The normalized spacial score (nSPS) is 13.4. The van der Waals surface area contributed by atoms with E-state index in [1.165, 1.54) is 0 Å². The second-order valence-electron chi connectivity index (χ2n) is 2.77. The Bertz CT molecular complexity index is 378. The maximum Gasteiger partial charge on any atom is 0.155 e.